The van der Waals surface area contributed by atoms with E-state index in [0.29, 0.717) is 15.2 Å². The highest BCUT2D eigenvalue weighted by Gasteiger charge is 2.21. The fraction of sp³-hybridized carbons (Fsp3) is 0. The highest BCUT2D eigenvalue weighted by atomic mass is 79.9. The topological polar surface area (TPSA) is 89.7 Å². The van der Waals surface area contributed by atoms with Gasteiger partial charge in [0.2, 0.25) is 0 Å². The lowest BCUT2D eigenvalue weighted by Crippen LogP contribution is -2.02. The lowest BCUT2D eigenvalue weighted by atomic mass is 10.1. The minimum absolute atomic E-state index is 0.148. The van der Waals surface area contributed by atoms with Gasteiger partial charge in [-0.2, -0.15) is 0 Å². The molecule has 2 aromatic rings. The van der Waals surface area contributed by atoms with E-state index in [0.717, 1.165) is 12.1 Å². The maximum Gasteiger partial charge on any atom is 0.342 e. The van der Waals surface area contributed by atoms with Crippen LogP contribution in [-0.2, 0) is 0 Å². The second-order valence-corrected chi connectivity index (χ2v) is 5.21. The number of hydrogen-bond donors (Lipinski definition) is 1. The van der Waals surface area contributed by atoms with Gasteiger partial charge in [0.25, 0.3) is 5.69 Å². The summed E-state index contributed by atoms with van der Waals surface area (Å²) in [4.78, 5) is 21.1. The second-order valence-electron chi connectivity index (χ2n) is 3.92. The normalized spacial score (nSPS) is 10.2. The average Bonchev–Trinajstić information content (AvgIpc) is 2.41. The summed E-state index contributed by atoms with van der Waals surface area (Å²) in [5.41, 5.74) is -0.937. The van der Waals surface area contributed by atoms with Gasteiger partial charge in [0.05, 0.1) is 15.5 Å². The van der Waals surface area contributed by atoms with Crippen molar-refractivity contribution < 1.29 is 19.6 Å². The van der Waals surface area contributed by atoms with Crippen LogP contribution in [0.1, 0.15) is 10.4 Å². The first-order valence-electron chi connectivity index (χ1n) is 5.53. The minimum Gasteiger partial charge on any atom is -0.477 e. The number of nitrogens with zero attached hydrogens (tertiary/aromatic N) is 1. The van der Waals surface area contributed by atoms with Crippen molar-refractivity contribution in [3.05, 3.63) is 61.6 Å². The molecule has 0 aromatic heterocycles. The summed E-state index contributed by atoms with van der Waals surface area (Å²) >= 11 is 9.05. The number of carboxylic acids is 1. The molecule has 0 bridgehead atoms. The fourth-order valence-corrected chi connectivity index (χ4v) is 2.36. The molecule has 0 saturated carbocycles. The zero-order valence-corrected chi connectivity index (χ0v) is 12.6. The van der Waals surface area contributed by atoms with Crippen molar-refractivity contribution >= 4 is 39.2 Å². The van der Waals surface area contributed by atoms with E-state index >= 15 is 0 Å². The predicted molar refractivity (Wildman–Crippen MR) is 79.3 cm³/mol. The number of halogens is 2. The third-order valence-electron chi connectivity index (χ3n) is 2.52. The third-order valence-corrected chi connectivity index (χ3v) is 3.37. The lowest BCUT2D eigenvalue weighted by molar-refractivity contribution is -0.385. The molecule has 0 aliphatic heterocycles. The van der Waals surface area contributed by atoms with Crippen LogP contribution in [0.3, 0.4) is 0 Å². The van der Waals surface area contributed by atoms with Crippen LogP contribution in [0.4, 0.5) is 5.69 Å². The van der Waals surface area contributed by atoms with Crippen molar-refractivity contribution in [2.75, 3.05) is 0 Å². The Labute approximate surface area is 132 Å². The molecule has 0 aliphatic carbocycles. The lowest BCUT2D eigenvalue weighted by Gasteiger charge is -2.08. The Morgan fingerprint density at radius 1 is 1.29 bits per heavy atom. The third kappa shape index (κ3) is 3.50. The Kier molecular flexibility index (Phi) is 4.44. The van der Waals surface area contributed by atoms with Gasteiger partial charge in [-0.05, 0) is 46.3 Å². The van der Waals surface area contributed by atoms with E-state index in [1.807, 2.05) is 0 Å². The number of carboxylic acid groups (broad SMARTS) is 1. The zero-order valence-electron chi connectivity index (χ0n) is 10.2. The van der Waals surface area contributed by atoms with Crippen LogP contribution in [0.15, 0.2) is 40.9 Å². The molecular formula is C13H7BrClNO5. The van der Waals surface area contributed by atoms with Gasteiger partial charge in [-0.25, -0.2) is 4.79 Å². The molecule has 2 rings (SSSR count). The standard InChI is InChI=1S/C13H7BrClNO5/c14-10-5-7(15)1-4-12(10)21-8-2-3-9(13(17)18)11(6-8)16(19)20/h1-6H,(H,17,18). The fourth-order valence-electron chi connectivity index (χ4n) is 1.59. The SMILES string of the molecule is O=C(O)c1ccc(Oc2ccc(Cl)cc2Br)cc1[N+](=O)[O-]. The molecule has 108 valence electrons. The maximum atomic E-state index is 10.9. The Morgan fingerprint density at radius 2 is 2.00 bits per heavy atom. The maximum absolute atomic E-state index is 10.9. The summed E-state index contributed by atoms with van der Waals surface area (Å²) in [6.07, 6.45) is 0. The molecule has 21 heavy (non-hydrogen) atoms. The number of aromatic carboxylic acids is 1. The Balaban J connectivity index is 2.39. The van der Waals surface area contributed by atoms with Crippen LogP contribution < -0.4 is 4.74 Å². The molecule has 0 fully saturated rings. The molecule has 0 unspecified atom stereocenters. The van der Waals surface area contributed by atoms with E-state index in [1.54, 1.807) is 18.2 Å². The Hall–Kier alpha value is -2.12. The first-order chi connectivity index (χ1) is 9.88. The molecule has 1 N–H and O–H groups in total. The van der Waals surface area contributed by atoms with E-state index in [9.17, 15) is 14.9 Å². The van der Waals surface area contributed by atoms with Crippen molar-refractivity contribution in [1.82, 2.24) is 0 Å². The molecule has 0 atom stereocenters. The zero-order chi connectivity index (χ0) is 15.6. The molecule has 0 aliphatic rings. The monoisotopic (exact) mass is 371 g/mol. The second kappa shape index (κ2) is 6.11. The van der Waals surface area contributed by atoms with Crippen molar-refractivity contribution in [1.29, 1.82) is 0 Å². The van der Waals surface area contributed by atoms with Gasteiger partial charge in [-0.1, -0.05) is 11.6 Å². The molecule has 8 heteroatoms. The summed E-state index contributed by atoms with van der Waals surface area (Å²) in [5, 5.41) is 20.3. The number of nitro benzene ring substituents is 1. The van der Waals surface area contributed by atoms with E-state index in [2.05, 4.69) is 15.9 Å². The molecule has 0 saturated heterocycles. The Bertz CT molecular complexity index is 734. The summed E-state index contributed by atoms with van der Waals surface area (Å²) in [6.45, 7) is 0. The molecule has 0 radical (unpaired) electrons. The molecule has 2 aromatic carbocycles. The number of carbonyl (C=O) groups is 1. The summed E-state index contributed by atoms with van der Waals surface area (Å²) in [7, 11) is 0. The quantitative estimate of drug-likeness (QED) is 0.630. The van der Waals surface area contributed by atoms with E-state index in [1.165, 1.54) is 6.07 Å². The van der Waals surface area contributed by atoms with Crippen LogP contribution >= 0.6 is 27.5 Å². The summed E-state index contributed by atoms with van der Waals surface area (Å²) < 4.78 is 6.06. The van der Waals surface area contributed by atoms with Crippen LogP contribution in [0.25, 0.3) is 0 Å². The minimum atomic E-state index is -1.37. The van der Waals surface area contributed by atoms with Gasteiger partial charge in [0.15, 0.2) is 0 Å². The van der Waals surface area contributed by atoms with E-state index in [-0.39, 0.29) is 5.75 Å². The van der Waals surface area contributed by atoms with Gasteiger partial charge < -0.3 is 9.84 Å². The Morgan fingerprint density at radius 3 is 2.57 bits per heavy atom. The first-order valence-corrected chi connectivity index (χ1v) is 6.70. The molecule has 0 spiro atoms. The number of hydrogen-bond acceptors (Lipinski definition) is 4. The molecular weight excluding hydrogens is 366 g/mol. The molecule has 0 amide bonds. The van der Waals surface area contributed by atoms with E-state index in [4.69, 9.17) is 21.4 Å². The van der Waals surface area contributed by atoms with Gasteiger partial charge in [-0.15, -0.1) is 0 Å². The number of ether oxygens (including phenoxy) is 1. The van der Waals surface area contributed by atoms with Gasteiger partial charge >= 0.3 is 5.97 Å². The van der Waals surface area contributed by atoms with Gasteiger partial charge in [0.1, 0.15) is 17.1 Å². The van der Waals surface area contributed by atoms with Crippen molar-refractivity contribution in [3.8, 4) is 11.5 Å². The van der Waals surface area contributed by atoms with Crippen molar-refractivity contribution in [2.24, 2.45) is 0 Å². The molecule has 6 nitrogen and oxygen atoms in total. The van der Waals surface area contributed by atoms with Crippen LogP contribution in [0.5, 0.6) is 11.5 Å². The number of nitro groups is 1. The first kappa shape index (κ1) is 15.3. The van der Waals surface area contributed by atoms with Crippen molar-refractivity contribution in [3.63, 3.8) is 0 Å². The van der Waals surface area contributed by atoms with Gasteiger partial charge in [-0.3, -0.25) is 10.1 Å². The van der Waals surface area contributed by atoms with Crippen molar-refractivity contribution in [2.45, 2.75) is 0 Å². The van der Waals surface area contributed by atoms with E-state index < -0.39 is 22.1 Å². The summed E-state index contributed by atoms with van der Waals surface area (Å²) in [6, 6.07) is 8.32. The smallest absolute Gasteiger partial charge is 0.342 e. The largest absolute Gasteiger partial charge is 0.477 e. The number of benzene rings is 2. The average molecular weight is 373 g/mol. The predicted octanol–water partition coefficient (Wildman–Crippen LogP) is 4.50. The van der Waals surface area contributed by atoms with Crippen LogP contribution in [-0.4, -0.2) is 16.0 Å². The summed E-state index contributed by atoms with van der Waals surface area (Å²) in [5.74, 6) is -0.826. The highest BCUT2D eigenvalue weighted by Crippen LogP contribution is 2.34. The van der Waals surface area contributed by atoms with Gasteiger partial charge in [0, 0.05) is 5.02 Å². The highest BCUT2D eigenvalue weighted by molar-refractivity contribution is 9.10. The van der Waals surface area contributed by atoms with Crippen LogP contribution in [0, 0.1) is 10.1 Å². The number of rotatable bonds is 4. The van der Waals surface area contributed by atoms with Crippen LogP contribution in [0.2, 0.25) is 5.02 Å². The molecule has 0 heterocycles.